The summed E-state index contributed by atoms with van der Waals surface area (Å²) in [5.74, 6) is 0. The summed E-state index contributed by atoms with van der Waals surface area (Å²) in [7, 11) is 1.76. The van der Waals surface area contributed by atoms with Gasteiger partial charge in [-0.15, -0.1) is 0 Å². The first-order valence-corrected chi connectivity index (χ1v) is 4.98. The van der Waals surface area contributed by atoms with Gasteiger partial charge in [0.05, 0.1) is 6.10 Å². The summed E-state index contributed by atoms with van der Waals surface area (Å²) >= 11 is 0. The lowest BCUT2D eigenvalue weighted by Gasteiger charge is -2.19. The SMILES string of the molecule is CCCCCNC(C)C(C)OC. The molecule has 0 aromatic heterocycles. The Balaban J connectivity index is 3.24. The standard InChI is InChI=1S/C10H23NO/c1-5-6-7-8-11-9(2)10(3)12-4/h9-11H,5-8H2,1-4H3. The molecule has 0 radical (unpaired) electrons. The average Bonchev–Trinajstić information content (AvgIpc) is 2.10. The molecule has 0 amide bonds. The van der Waals surface area contributed by atoms with Crippen LogP contribution in [-0.2, 0) is 4.74 Å². The lowest BCUT2D eigenvalue weighted by molar-refractivity contribution is 0.0887. The fourth-order valence-corrected chi connectivity index (χ4v) is 1.07. The van der Waals surface area contributed by atoms with Gasteiger partial charge in [0.25, 0.3) is 0 Å². The Hall–Kier alpha value is -0.0800. The van der Waals surface area contributed by atoms with Gasteiger partial charge in [-0.3, -0.25) is 0 Å². The van der Waals surface area contributed by atoms with E-state index in [1.165, 1.54) is 19.3 Å². The highest BCUT2D eigenvalue weighted by Gasteiger charge is 2.08. The van der Waals surface area contributed by atoms with E-state index in [1.807, 2.05) is 0 Å². The molecule has 0 rings (SSSR count). The van der Waals surface area contributed by atoms with Crippen molar-refractivity contribution < 1.29 is 4.74 Å². The Kier molecular flexibility index (Phi) is 7.51. The first kappa shape index (κ1) is 11.9. The monoisotopic (exact) mass is 173 g/mol. The molecule has 0 aliphatic rings. The fraction of sp³-hybridized carbons (Fsp3) is 1.00. The molecule has 0 aromatic carbocycles. The number of rotatable bonds is 7. The van der Waals surface area contributed by atoms with Gasteiger partial charge in [0.15, 0.2) is 0 Å². The predicted octanol–water partition coefficient (Wildman–Crippen LogP) is 2.19. The maximum Gasteiger partial charge on any atom is 0.0693 e. The second-order valence-electron chi connectivity index (χ2n) is 3.39. The number of ether oxygens (including phenoxy) is 1. The van der Waals surface area contributed by atoms with Crippen LogP contribution in [0.25, 0.3) is 0 Å². The molecule has 12 heavy (non-hydrogen) atoms. The normalized spacial score (nSPS) is 16.0. The quantitative estimate of drug-likeness (QED) is 0.596. The predicted molar refractivity (Wildman–Crippen MR) is 53.5 cm³/mol. The van der Waals surface area contributed by atoms with Crippen molar-refractivity contribution in [1.82, 2.24) is 5.32 Å². The molecule has 74 valence electrons. The molecule has 0 saturated heterocycles. The Morgan fingerprint density at radius 2 is 1.92 bits per heavy atom. The van der Waals surface area contributed by atoms with Gasteiger partial charge in [-0.05, 0) is 26.8 Å². The van der Waals surface area contributed by atoms with Crippen LogP contribution in [-0.4, -0.2) is 25.8 Å². The van der Waals surface area contributed by atoms with Gasteiger partial charge >= 0.3 is 0 Å². The summed E-state index contributed by atoms with van der Waals surface area (Å²) in [5, 5.41) is 3.44. The molecule has 2 atom stereocenters. The largest absolute Gasteiger partial charge is 0.380 e. The molecule has 1 N–H and O–H groups in total. The second kappa shape index (κ2) is 7.56. The average molecular weight is 173 g/mol. The highest BCUT2D eigenvalue weighted by atomic mass is 16.5. The summed E-state index contributed by atoms with van der Waals surface area (Å²) in [6, 6.07) is 0.465. The molecule has 2 nitrogen and oxygen atoms in total. The van der Waals surface area contributed by atoms with Crippen LogP contribution >= 0.6 is 0 Å². The second-order valence-corrected chi connectivity index (χ2v) is 3.39. The summed E-state index contributed by atoms with van der Waals surface area (Å²) < 4.78 is 5.21. The van der Waals surface area contributed by atoms with E-state index in [4.69, 9.17) is 4.74 Å². The van der Waals surface area contributed by atoms with Crippen molar-refractivity contribution in [2.24, 2.45) is 0 Å². The molecule has 0 saturated carbocycles. The van der Waals surface area contributed by atoms with Gasteiger partial charge in [-0.2, -0.15) is 0 Å². The first-order chi connectivity index (χ1) is 5.72. The number of hydrogen-bond acceptors (Lipinski definition) is 2. The molecule has 0 aliphatic heterocycles. The van der Waals surface area contributed by atoms with E-state index in [-0.39, 0.29) is 0 Å². The zero-order valence-corrected chi connectivity index (χ0v) is 8.89. The molecule has 0 heterocycles. The van der Waals surface area contributed by atoms with Gasteiger partial charge in [0.2, 0.25) is 0 Å². The maximum absolute atomic E-state index is 5.21. The first-order valence-electron chi connectivity index (χ1n) is 4.98. The molecule has 0 aliphatic carbocycles. The van der Waals surface area contributed by atoms with Crippen LogP contribution in [0.5, 0.6) is 0 Å². The lowest BCUT2D eigenvalue weighted by atomic mass is 10.2. The van der Waals surface area contributed by atoms with Crippen LogP contribution in [0.15, 0.2) is 0 Å². The third kappa shape index (κ3) is 5.56. The van der Waals surface area contributed by atoms with Crippen molar-refractivity contribution >= 4 is 0 Å². The Morgan fingerprint density at radius 1 is 1.25 bits per heavy atom. The van der Waals surface area contributed by atoms with Crippen molar-refractivity contribution in [2.75, 3.05) is 13.7 Å². The minimum absolute atomic E-state index is 0.312. The molecular weight excluding hydrogens is 150 g/mol. The van der Waals surface area contributed by atoms with Crippen LogP contribution < -0.4 is 5.32 Å². The van der Waals surface area contributed by atoms with Gasteiger partial charge in [0.1, 0.15) is 0 Å². The lowest BCUT2D eigenvalue weighted by Crippen LogP contribution is -2.37. The molecule has 0 spiro atoms. The van der Waals surface area contributed by atoms with Crippen molar-refractivity contribution in [3.63, 3.8) is 0 Å². The zero-order chi connectivity index (χ0) is 9.40. The summed E-state index contributed by atoms with van der Waals surface area (Å²) in [4.78, 5) is 0. The van der Waals surface area contributed by atoms with E-state index in [2.05, 4.69) is 26.1 Å². The third-order valence-electron chi connectivity index (χ3n) is 2.32. The topological polar surface area (TPSA) is 21.3 Å². The van der Waals surface area contributed by atoms with Crippen LogP contribution in [0.3, 0.4) is 0 Å². The molecule has 0 fully saturated rings. The van der Waals surface area contributed by atoms with Gasteiger partial charge in [-0.25, -0.2) is 0 Å². The number of unbranched alkanes of at least 4 members (excludes halogenated alkanes) is 2. The number of methoxy groups -OCH3 is 1. The van der Waals surface area contributed by atoms with Crippen molar-refractivity contribution in [3.8, 4) is 0 Å². The highest BCUT2D eigenvalue weighted by Crippen LogP contribution is 1.97. The van der Waals surface area contributed by atoms with Gasteiger partial charge in [0, 0.05) is 13.2 Å². The van der Waals surface area contributed by atoms with E-state index in [1.54, 1.807) is 7.11 Å². The number of hydrogen-bond donors (Lipinski definition) is 1. The summed E-state index contributed by atoms with van der Waals surface area (Å²) in [6.07, 6.45) is 4.19. The molecule has 0 bridgehead atoms. The zero-order valence-electron chi connectivity index (χ0n) is 8.89. The summed E-state index contributed by atoms with van der Waals surface area (Å²) in [6.45, 7) is 7.60. The van der Waals surface area contributed by atoms with Crippen molar-refractivity contribution in [1.29, 1.82) is 0 Å². The fourth-order valence-electron chi connectivity index (χ4n) is 1.07. The molecular formula is C10H23NO. The van der Waals surface area contributed by atoms with E-state index in [0.29, 0.717) is 12.1 Å². The molecule has 2 unspecified atom stereocenters. The van der Waals surface area contributed by atoms with Crippen LogP contribution in [0.1, 0.15) is 40.0 Å². The highest BCUT2D eigenvalue weighted by molar-refractivity contribution is 4.67. The van der Waals surface area contributed by atoms with E-state index >= 15 is 0 Å². The van der Waals surface area contributed by atoms with Crippen LogP contribution in [0.4, 0.5) is 0 Å². The van der Waals surface area contributed by atoms with E-state index in [0.717, 1.165) is 6.54 Å². The smallest absolute Gasteiger partial charge is 0.0693 e. The molecule has 2 heteroatoms. The summed E-state index contributed by atoms with van der Waals surface area (Å²) in [5.41, 5.74) is 0. The third-order valence-corrected chi connectivity index (χ3v) is 2.32. The molecule has 0 aromatic rings. The maximum atomic E-state index is 5.21. The van der Waals surface area contributed by atoms with Crippen LogP contribution in [0.2, 0.25) is 0 Å². The Morgan fingerprint density at radius 3 is 2.42 bits per heavy atom. The Bertz CT molecular complexity index is 95.8. The van der Waals surface area contributed by atoms with Gasteiger partial charge < -0.3 is 10.1 Å². The minimum Gasteiger partial charge on any atom is -0.380 e. The van der Waals surface area contributed by atoms with Crippen molar-refractivity contribution in [3.05, 3.63) is 0 Å². The number of nitrogens with one attached hydrogen (secondary N) is 1. The Labute approximate surface area is 76.7 Å². The van der Waals surface area contributed by atoms with E-state index in [9.17, 15) is 0 Å². The minimum atomic E-state index is 0.312. The van der Waals surface area contributed by atoms with E-state index < -0.39 is 0 Å². The van der Waals surface area contributed by atoms with Gasteiger partial charge in [-0.1, -0.05) is 19.8 Å². The van der Waals surface area contributed by atoms with Crippen LogP contribution in [0, 0.1) is 0 Å². The van der Waals surface area contributed by atoms with Crippen molar-refractivity contribution in [2.45, 2.75) is 52.2 Å².